The van der Waals surface area contributed by atoms with Crippen molar-refractivity contribution in [1.29, 1.82) is 0 Å². The summed E-state index contributed by atoms with van der Waals surface area (Å²) in [5.74, 6) is -0.509. The summed E-state index contributed by atoms with van der Waals surface area (Å²) in [5.41, 5.74) is 1.80. The zero-order valence-electron chi connectivity index (χ0n) is 19.0. The van der Waals surface area contributed by atoms with Crippen molar-refractivity contribution < 1.29 is 19.1 Å². The lowest BCUT2D eigenvalue weighted by Crippen LogP contribution is -2.22. The molecule has 32 heavy (non-hydrogen) atoms. The average molecular weight is 457 g/mol. The van der Waals surface area contributed by atoms with Crippen molar-refractivity contribution in [3.63, 3.8) is 0 Å². The molecular weight excluding hydrogens is 424 g/mol. The predicted octanol–water partition coefficient (Wildman–Crippen LogP) is 5.89. The van der Waals surface area contributed by atoms with E-state index in [1.165, 1.54) is 11.8 Å². The molecule has 2 rings (SSSR count). The Morgan fingerprint density at radius 3 is 2.34 bits per heavy atom. The van der Waals surface area contributed by atoms with Crippen LogP contribution in [0.15, 0.2) is 53.4 Å². The van der Waals surface area contributed by atoms with Gasteiger partial charge in [0.1, 0.15) is 0 Å². The lowest BCUT2D eigenvalue weighted by molar-refractivity contribution is -0.116. The van der Waals surface area contributed by atoms with Gasteiger partial charge in [0.05, 0.1) is 17.4 Å². The second kappa shape index (κ2) is 13.6. The fourth-order valence-electron chi connectivity index (χ4n) is 2.79. The second-order valence-electron chi connectivity index (χ2n) is 7.50. The van der Waals surface area contributed by atoms with Crippen LogP contribution in [0.3, 0.4) is 0 Å². The van der Waals surface area contributed by atoms with E-state index < -0.39 is 0 Å². The summed E-state index contributed by atoms with van der Waals surface area (Å²) in [5, 5.41) is 5.42. The van der Waals surface area contributed by atoms with Gasteiger partial charge in [-0.15, -0.1) is 11.8 Å². The Labute approximate surface area is 194 Å². The van der Waals surface area contributed by atoms with Gasteiger partial charge in [0.15, 0.2) is 0 Å². The molecule has 0 bridgehead atoms. The number of hydrogen-bond donors (Lipinski definition) is 2. The summed E-state index contributed by atoms with van der Waals surface area (Å²) in [6, 6.07) is 14.2. The number of unbranched alkanes of at least 4 members (excludes halogenated alkanes) is 2. The lowest BCUT2D eigenvalue weighted by Gasteiger charge is -2.13. The van der Waals surface area contributed by atoms with Crippen LogP contribution in [0.2, 0.25) is 0 Å². The van der Waals surface area contributed by atoms with Crippen LogP contribution in [0.5, 0.6) is 0 Å². The molecule has 1 unspecified atom stereocenters. The molecule has 0 aliphatic carbocycles. The first kappa shape index (κ1) is 25.5. The number of hydrogen-bond acceptors (Lipinski definition) is 5. The van der Waals surface area contributed by atoms with Gasteiger partial charge < -0.3 is 15.4 Å². The maximum Gasteiger partial charge on any atom is 0.338 e. The first-order valence-electron chi connectivity index (χ1n) is 11.1. The van der Waals surface area contributed by atoms with Crippen molar-refractivity contribution in [1.82, 2.24) is 0 Å². The highest BCUT2D eigenvalue weighted by atomic mass is 32.2. The van der Waals surface area contributed by atoms with Gasteiger partial charge in [-0.25, -0.2) is 4.79 Å². The number of carbonyl (C=O) groups is 3. The summed E-state index contributed by atoms with van der Waals surface area (Å²) in [6.07, 6.45) is 4.14. The molecule has 7 heteroatoms. The predicted molar refractivity (Wildman–Crippen MR) is 130 cm³/mol. The maximum atomic E-state index is 12.6. The maximum absolute atomic E-state index is 12.6. The monoisotopic (exact) mass is 456 g/mol. The quantitative estimate of drug-likeness (QED) is 0.236. The summed E-state index contributed by atoms with van der Waals surface area (Å²) in [4.78, 5) is 37.4. The molecule has 0 radical (unpaired) electrons. The zero-order chi connectivity index (χ0) is 23.3. The van der Waals surface area contributed by atoms with Crippen LogP contribution in [0.25, 0.3) is 0 Å². The van der Waals surface area contributed by atoms with Crippen LogP contribution in [0, 0.1) is 0 Å². The Kier molecular flexibility index (Phi) is 10.8. The largest absolute Gasteiger partial charge is 0.462 e. The molecular formula is C25H32N2O4S. The van der Waals surface area contributed by atoms with Crippen molar-refractivity contribution >= 4 is 40.9 Å². The van der Waals surface area contributed by atoms with Gasteiger partial charge in [-0.1, -0.05) is 32.8 Å². The third-order valence-corrected chi connectivity index (χ3v) is 5.77. The van der Waals surface area contributed by atoms with Crippen molar-refractivity contribution in [3.05, 3.63) is 54.1 Å². The lowest BCUT2D eigenvalue weighted by atomic mass is 10.2. The number of anilines is 2. The van der Waals surface area contributed by atoms with E-state index in [2.05, 4.69) is 10.6 Å². The molecule has 2 N–H and O–H groups in total. The molecule has 0 aliphatic rings. The Morgan fingerprint density at radius 2 is 1.66 bits per heavy atom. The minimum Gasteiger partial charge on any atom is -0.462 e. The van der Waals surface area contributed by atoms with E-state index in [0.717, 1.165) is 36.3 Å². The second-order valence-corrected chi connectivity index (χ2v) is 8.91. The highest BCUT2D eigenvalue weighted by Gasteiger charge is 2.16. The first-order valence-corrected chi connectivity index (χ1v) is 12.0. The fourth-order valence-corrected chi connectivity index (χ4v) is 3.72. The zero-order valence-corrected chi connectivity index (χ0v) is 19.8. The number of nitrogens with one attached hydrogen (secondary N) is 2. The third-order valence-electron chi connectivity index (χ3n) is 4.68. The van der Waals surface area contributed by atoms with E-state index in [0.29, 0.717) is 24.3 Å². The van der Waals surface area contributed by atoms with Crippen molar-refractivity contribution in [2.45, 2.75) is 63.0 Å². The highest BCUT2D eigenvalue weighted by Crippen LogP contribution is 2.27. The number of ether oxygens (including phenoxy) is 1. The molecule has 0 heterocycles. The molecule has 1 atom stereocenters. The molecule has 6 nitrogen and oxygen atoms in total. The molecule has 0 saturated carbocycles. The number of amides is 2. The topological polar surface area (TPSA) is 84.5 Å². The van der Waals surface area contributed by atoms with Crippen LogP contribution >= 0.6 is 11.8 Å². The smallest absolute Gasteiger partial charge is 0.338 e. The van der Waals surface area contributed by atoms with Crippen LogP contribution in [-0.4, -0.2) is 29.6 Å². The molecule has 0 aromatic heterocycles. The number of benzene rings is 2. The Bertz CT molecular complexity index is 899. The molecule has 172 valence electrons. The SMILES string of the molecule is CCCCOC(=O)c1ccc(NC(=O)C(C)Sc2cccc(NC(=O)CCCC)c2)cc1. The van der Waals surface area contributed by atoms with E-state index in [-0.39, 0.29) is 23.0 Å². The van der Waals surface area contributed by atoms with Crippen LogP contribution in [0.1, 0.15) is 63.2 Å². The van der Waals surface area contributed by atoms with E-state index in [9.17, 15) is 14.4 Å². The van der Waals surface area contributed by atoms with Crippen LogP contribution in [0.4, 0.5) is 11.4 Å². The summed E-state index contributed by atoms with van der Waals surface area (Å²) in [7, 11) is 0. The molecule has 0 spiro atoms. The van der Waals surface area contributed by atoms with Crippen molar-refractivity contribution in [3.8, 4) is 0 Å². The van der Waals surface area contributed by atoms with E-state index in [1.807, 2.05) is 45.0 Å². The molecule has 0 aliphatic heterocycles. The first-order chi connectivity index (χ1) is 15.4. The third kappa shape index (κ3) is 8.75. The van der Waals surface area contributed by atoms with Gasteiger partial charge in [-0.05, 0) is 62.2 Å². The molecule has 2 aromatic rings. The number of carbonyl (C=O) groups excluding carboxylic acids is 3. The van der Waals surface area contributed by atoms with E-state index >= 15 is 0 Å². The standard InChI is InChI=1S/C25H32N2O4S/c1-4-6-11-23(28)26-21-9-8-10-22(17-21)32-18(3)24(29)27-20-14-12-19(13-15-20)25(30)31-16-7-5-2/h8-10,12-15,17-18H,4-7,11,16H2,1-3H3,(H,26,28)(H,27,29). The molecule has 0 saturated heterocycles. The van der Waals surface area contributed by atoms with Crippen LogP contribution < -0.4 is 10.6 Å². The van der Waals surface area contributed by atoms with Crippen LogP contribution in [-0.2, 0) is 14.3 Å². The van der Waals surface area contributed by atoms with Crippen molar-refractivity contribution in [2.24, 2.45) is 0 Å². The van der Waals surface area contributed by atoms with Gasteiger partial charge in [0.2, 0.25) is 11.8 Å². The van der Waals surface area contributed by atoms with Gasteiger partial charge in [-0.2, -0.15) is 0 Å². The summed E-state index contributed by atoms with van der Waals surface area (Å²) < 4.78 is 5.19. The number of esters is 1. The summed E-state index contributed by atoms with van der Waals surface area (Å²) in [6.45, 7) is 6.32. The van der Waals surface area contributed by atoms with E-state index in [4.69, 9.17) is 4.74 Å². The molecule has 0 fully saturated rings. The van der Waals surface area contributed by atoms with E-state index in [1.54, 1.807) is 24.3 Å². The Morgan fingerprint density at radius 1 is 0.938 bits per heavy atom. The highest BCUT2D eigenvalue weighted by molar-refractivity contribution is 8.00. The fraction of sp³-hybridized carbons (Fsp3) is 0.400. The Hall–Kier alpha value is -2.80. The minimum atomic E-state index is -0.359. The molecule has 2 aromatic carbocycles. The van der Waals surface area contributed by atoms with Gasteiger partial charge in [0, 0.05) is 22.7 Å². The summed E-state index contributed by atoms with van der Waals surface area (Å²) >= 11 is 1.41. The average Bonchev–Trinajstić information content (AvgIpc) is 2.78. The minimum absolute atomic E-state index is 0.00233. The van der Waals surface area contributed by atoms with Gasteiger partial charge in [-0.3, -0.25) is 9.59 Å². The molecule has 2 amide bonds. The van der Waals surface area contributed by atoms with Gasteiger partial charge in [0.25, 0.3) is 0 Å². The van der Waals surface area contributed by atoms with Gasteiger partial charge >= 0.3 is 5.97 Å². The normalized spacial score (nSPS) is 11.5. The Balaban J connectivity index is 1.88. The number of thioether (sulfide) groups is 1. The number of rotatable bonds is 12. The van der Waals surface area contributed by atoms with Crippen molar-refractivity contribution in [2.75, 3.05) is 17.2 Å².